The Labute approximate surface area is 141 Å². The Kier molecular flexibility index (Phi) is 5.34. The highest BCUT2D eigenvalue weighted by Gasteiger charge is 2.70. The van der Waals surface area contributed by atoms with Crippen molar-refractivity contribution < 1.29 is 0 Å². The Morgan fingerprint density at radius 2 is 1.78 bits per heavy atom. The molecule has 0 bridgehead atoms. The Balaban J connectivity index is 2.06. The predicted molar refractivity (Wildman–Crippen MR) is 97.7 cm³/mol. The van der Waals surface area contributed by atoms with E-state index in [1.54, 1.807) is 0 Å². The van der Waals surface area contributed by atoms with Crippen LogP contribution >= 0.6 is 45.2 Å². The summed E-state index contributed by atoms with van der Waals surface area (Å²) in [4.78, 5) is 0. The van der Waals surface area contributed by atoms with E-state index in [0.29, 0.717) is 5.41 Å². The van der Waals surface area contributed by atoms with Crippen molar-refractivity contribution in [3.05, 3.63) is 0 Å². The van der Waals surface area contributed by atoms with Crippen LogP contribution in [0.5, 0.6) is 0 Å². The summed E-state index contributed by atoms with van der Waals surface area (Å²) in [6, 6.07) is 0. The van der Waals surface area contributed by atoms with Gasteiger partial charge >= 0.3 is 0 Å². The van der Waals surface area contributed by atoms with Crippen molar-refractivity contribution in [3.8, 4) is 0 Å². The van der Waals surface area contributed by atoms with Gasteiger partial charge in [0, 0.05) is 0 Å². The van der Waals surface area contributed by atoms with Gasteiger partial charge in [0.1, 0.15) is 0 Å². The zero-order chi connectivity index (χ0) is 13.5. The van der Waals surface area contributed by atoms with Gasteiger partial charge in [0.05, 0.1) is 0 Å². The van der Waals surface area contributed by atoms with Crippen LogP contribution in [0.25, 0.3) is 0 Å². The minimum absolute atomic E-state index is 0.696. The number of halogens is 2. The van der Waals surface area contributed by atoms with E-state index in [1.165, 1.54) is 28.1 Å². The third-order valence-electron chi connectivity index (χ3n) is 6.36. The molecule has 0 aromatic carbocycles. The molecule has 0 saturated heterocycles. The molecule has 2 saturated carbocycles. The van der Waals surface area contributed by atoms with Crippen molar-refractivity contribution in [2.45, 2.75) is 47.0 Å². The molecule has 0 aromatic heterocycles. The Bertz CT molecular complexity index is 291. The minimum atomic E-state index is 0.696. The van der Waals surface area contributed by atoms with Gasteiger partial charge in [-0.1, -0.05) is 72.9 Å². The first-order valence-corrected chi connectivity index (χ1v) is 10.7. The lowest BCUT2D eigenvalue weighted by atomic mass is 9.73. The quantitative estimate of drug-likeness (QED) is 0.337. The highest BCUT2D eigenvalue weighted by Crippen LogP contribution is 2.75. The van der Waals surface area contributed by atoms with Gasteiger partial charge in [0.25, 0.3) is 0 Å². The second kappa shape index (κ2) is 6.07. The third kappa shape index (κ3) is 2.50. The van der Waals surface area contributed by atoms with E-state index < -0.39 is 0 Å². The first-order valence-electron chi connectivity index (χ1n) is 7.60. The van der Waals surface area contributed by atoms with E-state index in [1.807, 2.05) is 0 Å². The molecule has 0 aromatic rings. The molecule has 0 amide bonds. The second-order valence-electron chi connectivity index (χ2n) is 7.12. The molecule has 0 N–H and O–H groups in total. The van der Waals surface area contributed by atoms with Crippen LogP contribution in [0.1, 0.15) is 47.0 Å². The summed E-state index contributed by atoms with van der Waals surface area (Å²) in [6.07, 6.45) is 4.37. The van der Waals surface area contributed by atoms with Gasteiger partial charge < -0.3 is 0 Å². The Morgan fingerprint density at radius 1 is 1.17 bits per heavy atom. The van der Waals surface area contributed by atoms with Crippen molar-refractivity contribution in [1.82, 2.24) is 0 Å². The molecule has 0 nitrogen and oxygen atoms in total. The average molecular weight is 474 g/mol. The molecule has 2 heteroatoms. The lowest BCUT2D eigenvalue weighted by molar-refractivity contribution is 0.164. The molecule has 2 fully saturated rings. The monoisotopic (exact) mass is 474 g/mol. The van der Waals surface area contributed by atoms with Crippen LogP contribution in [0.2, 0.25) is 0 Å². The topological polar surface area (TPSA) is 0 Å². The summed E-state index contributed by atoms with van der Waals surface area (Å²) < 4.78 is 2.66. The van der Waals surface area contributed by atoms with E-state index in [0.717, 1.165) is 35.5 Å². The third-order valence-corrected chi connectivity index (χ3v) is 7.61. The molecule has 18 heavy (non-hydrogen) atoms. The zero-order valence-corrected chi connectivity index (χ0v) is 16.6. The van der Waals surface area contributed by atoms with Crippen LogP contribution in [0, 0.1) is 40.9 Å². The summed E-state index contributed by atoms with van der Waals surface area (Å²) in [6.45, 7) is 10.2. The number of fused-ring (bicyclic) bond motifs is 1. The Hall–Kier alpha value is 1.46. The van der Waals surface area contributed by atoms with Crippen molar-refractivity contribution in [3.63, 3.8) is 0 Å². The summed E-state index contributed by atoms with van der Waals surface area (Å²) in [5.74, 6) is 6.01. The van der Waals surface area contributed by atoms with Crippen molar-refractivity contribution in [2.24, 2.45) is 40.9 Å². The van der Waals surface area contributed by atoms with Crippen LogP contribution in [-0.4, -0.2) is 8.86 Å². The van der Waals surface area contributed by atoms with Gasteiger partial charge in [0.2, 0.25) is 0 Å². The van der Waals surface area contributed by atoms with E-state index >= 15 is 0 Å². The molecular weight excluding hydrogens is 446 g/mol. The first-order chi connectivity index (χ1) is 8.48. The van der Waals surface area contributed by atoms with Crippen molar-refractivity contribution >= 4 is 45.2 Å². The highest BCUT2D eigenvalue weighted by molar-refractivity contribution is 14.1. The molecule has 2 rings (SSSR count). The average Bonchev–Trinajstić information content (AvgIpc) is 2.70. The van der Waals surface area contributed by atoms with Crippen molar-refractivity contribution in [1.29, 1.82) is 0 Å². The van der Waals surface area contributed by atoms with E-state index in [9.17, 15) is 0 Å². The molecular formula is C16H28I2. The van der Waals surface area contributed by atoms with Gasteiger partial charge in [-0.3, -0.25) is 0 Å². The van der Waals surface area contributed by atoms with Crippen LogP contribution in [0.3, 0.4) is 0 Å². The molecule has 0 radical (unpaired) electrons. The highest BCUT2D eigenvalue weighted by atomic mass is 127. The van der Waals surface area contributed by atoms with Gasteiger partial charge in [-0.05, 0) is 69.0 Å². The van der Waals surface area contributed by atoms with Gasteiger partial charge in [-0.2, -0.15) is 0 Å². The van der Waals surface area contributed by atoms with Gasteiger partial charge in [-0.15, -0.1) is 0 Å². The summed E-state index contributed by atoms with van der Waals surface area (Å²) in [5, 5.41) is 0. The smallest absolute Gasteiger partial charge is 0.000199 e. The van der Waals surface area contributed by atoms with Gasteiger partial charge in [-0.25, -0.2) is 0 Å². The van der Waals surface area contributed by atoms with Crippen LogP contribution in [0.4, 0.5) is 0 Å². The maximum atomic E-state index is 2.61. The van der Waals surface area contributed by atoms with Crippen LogP contribution < -0.4 is 0 Å². The molecule has 106 valence electrons. The summed E-state index contributed by atoms with van der Waals surface area (Å²) >= 11 is 5.10. The normalized spacial score (nSPS) is 45.7. The molecule has 2 aliphatic carbocycles. The van der Waals surface area contributed by atoms with E-state index in [-0.39, 0.29) is 0 Å². The molecule has 0 spiro atoms. The van der Waals surface area contributed by atoms with E-state index in [4.69, 9.17) is 0 Å². The molecule has 0 aliphatic heterocycles. The van der Waals surface area contributed by atoms with Crippen LogP contribution in [-0.2, 0) is 0 Å². The number of hydrogen-bond donors (Lipinski definition) is 0. The van der Waals surface area contributed by atoms with Crippen LogP contribution in [0.15, 0.2) is 0 Å². The van der Waals surface area contributed by atoms with Gasteiger partial charge in [0.15, 0.2) is 0 Å². The fraction of sp³-hybridized carbons (Fsp3) is 1.00. The number of hydrogen-bond acceptors (Lipinski definition) is 0. The fourth-order valence-electron chi connectivity index (χ4n) is 5.10. The Morgan fingerprint density at radius 3 is 2.33 bits per heavy atom. The lowest BCUT2D eigenvalue weighted by Crippen LogP contribution is -2.27. The molecule has 7 atom stereocenters. The SMILES string of the molecule is CC(CCI)C1C(C)C[C@@H]2[C@H]1[C@@]2(C)C(C)CCI. The molecule has 4 unspecified atom stereocenters. The minimum Gasteiger partial charge on any atom is -0.0864 e. The number of alkyl halides is 2. The maximum absolute atomic E-state index is 2.61. The molecule has 0 heterocycles. The van der Waals surface area contributed by atoms with Crippen molar-refractivity contribution in [2.75, 3.05) is 8.86 Å². The summed E-state index contributed by atoms with van der Waals surface area (Å²) in [5.41, 5.74) is 0.696. The van der Waals surface area contributed by atoms with E-state index in [2.05, 4.69) is 72.9 Å². The first kappa shape index (κ1) is 15.8. The predicted octanol–water partition coefficient (Wildman–Crippen LogP) is 5.82. The standard InChI is InChI=1S/C16H28I2/c1-10(5-7-17)14-11(2)9-13-15(14)16(13,4)12(3)6-8-18/h10-15H,5-9H2,1-4H3/t10?,11?,12?,13-,14?,15-,16+/m1/s1. The zero-order valence-electron chi connectivity index (χ0n) is 12.3. The fourth-order valence-corrected chi connectivity index (χ4v) is 7.02. The summed E-state index contributed by atoms with van der Waals surface area (Å²) in [7, 11) is 0. The second-order valence-corrected chi connectivity index (χ2v) is 9.28. The maximum Gasteiger partial charge on any atom is -0.000199 e. The largest absolute Gasteiger partial charge is 0.0864 e. The number of rotatable bonds is 6. The lowest BCUT2D eigenvalue weighted by Gasteiger charge is -2.33. The molecule has 2 aliphatic rings.